The van der Waals surface area contributed by atoms with E-state index in [4.69, 9.17) is 9.47 Å². The monoisotopic (exact) mass is 484 g/mol. The SMILES string of the molecule is CC(=O)O[C@H]1CC[C@]2(C)[C@H]3CC[C@]4(C)[C@@H]([C@H](C)[C@H]5C[C@@]5(C)[C@@H](C)C(C)C)CC[C@H]4[C@@H]3C[C@@H]3O[C@@]32C1. The highest BCUT2D eigenvalue weighted by molar-refractivity contribution is 5.66. The molecule has 3 nitrogen and oxygen atoms in total. The molecule has 0 bridgehead atoms. The number of fused-ring (bicyclic) bond motifs is 4. The van der Waals surface area contributed by atoms with Crippen LogP contribution in [0.2, 0.25) is 0 Å². The predicted molar refractivity (Wildman–Crippen MR) is 140 cm³/mol. The molecule has 1 saturated heterocycles. The smallest absolute Gasteiger partial charge is 0.302 e. The van der Waals surface area contributed by atoms with E-state index in [-0.39, 0.29) is 23.1 Å². The number of hydrogen-bond donors (Lipinski definition) is 0. The Bertz CT molecular complexity index is 882. The highest BCUT2D eigenvalue weighted by atomic mass is 16.6. The zero-order valence-electron chi connectivity index (χ0n) is 23.9. The molecule has 3 heteroatoms. The molecule has 13 atom stereocenters. The normalized spacial score (nSPS) is 55.7. The number of ether oxygens (including phenoxy) is 2. The second-order valence-electron chi connectivity index (χ2n) is 15.4. The summed E-state index contributed by atoms with van der Waals surface area (Å²) in [5.41, 5.74) is 1.35. The molecule has 1 spiro atoms. The van der Waals surface area contributed by atoms with E-state index in [1.807, 2.05) is 0 Å². The van der Waals surface area contributed by atoms with Crippen molar-refractivity contribution in [2.45, 2.75) is 131 Å². The van der Waals surface area contributed by atoms with E-state index in [1.165, 1.54) is 44.9 Å². The number of carbonyl (C=O) groups excluding carboxylic acids is 1. The van der Waals surface area contributed by atoms with Crippen molar-refractivity contribution in [1.82, 2.24) is 0 Å². The maximum atomic E-state index is 11.6. The summed E-state index contributed by atoms with van der Waals surface area (Å²) in [5, 5.41) is 0. The highest BCUT2D eigenvalue weighted by Crippen LogP contribution is 2.75. The average Bonchev–Trinajstić information content (AvgIpc) is 3.63. The van der Waals surface area contributed by atoms with Crippen LogP contribution in [-0.2, 0) is 14.3 Å². The molecule has 198 valence electrons. The van der Waals surface area contributed by atoms with Gasteiger partial charge in [0.05, 0.1) is 6.10 Å². The largest absolute Gasteiger partial charge is 0.462 e. The lowest BCUT2D eigenvalue weighted by molar-refractivity contribution is -0.157. The van der Waals surface area contributed by atoms with Crippen LogP contribution in [0.3, 0.4) is 0 Å². The summed E-state index contributed by atoms with van der Waals surface area (Å²) in [4.78, 5) is 11.6. The summed E-state index contributed by atoms with van der Waals surface area (Å²) in [6.45, 7) is 19.4. The summed E-state index contributed by atoms with van der Waals surface area (Å²) in [7, 11) is 0. The summed E-state index contributed by atoms with van der Waals surface area (Å²) in [6, 6.07) is 0. The average molecular weight is 485 g/mol. The van der Waals surface area contributed by atoms with Crippen molar-refractivity contribution in [3.05, 3.63) is 0 Å². The number of esters is 1. The minimum atomic E-state index is -0.130. The third-order valence-corrected chi connectivity index (χ3v) is 14.1. The molecule has 0 aromatic rings. The van der Waals surface area contributed by atoms with Crippen molar-refractivity contribution in [2.75, 3.05) is 0 Å². The van der Waals surface area contributed by atoms with Gasteiger partial charge in [-0.05, 0) is 110 Å². The zero-order valence-corrected chi connectivity index (χ0v) is 23.9. The molecule has 1 heterocycles. The molecule has 0 unspecified atom stereocenters. The van der Waals surface area contributed by atoms with E-state index in [2.05, 4.69) is 48.5 Å². The fourth-order valence-corrected chi connectivity index (χ4v) is 11.6. The Morgan fingerprint density at radius 2 is 1.66 bits per heavy atom. The van der Waals surface area contributed by atoms with E-state index < -0.39 is 0 Å². The second-order valence-corrected chi connectivity index (χ2v) is 15.4. The van der Waals surface area contributed by atoms with Gasteiger partial charge in [-0.2, -0.15) is 0 Å². The highest BCUT2D eigenvalue weighted by Gasteiger charge is 2.76. The molecule has 0 aromatic carbocycles. The topological polar surface area (TPSA) is 38.8 Å². The third-order valence-electron chi connectivity index (χ3n) is 14.1. The Morgan fingerprint density at radius 1 is 0.914 bits per heavy atom. The van der Waals surface area contributed by atoms with Crippen LogP contribution in [0.4, 0.5) is 0 Å². The number of carbonyl (C=O) groups is 1. The van der Waals surface area contributed by atoms with Crippen molar-refractivity contribution in [2.24, 2.45) is 63.6 Å². The zero-order chi connectivity index (χ0) is 25.1. The molecular formula is C32H52O3. The predicted octanol–water partition coefficient (Wildman–Crippen LogP) is 7.66. The maximum Gasteiger partial charge on any atom is 0.302 e. The summed E-state index contributed by atoms with van der Waals surface area (Å²) in [5.74, 6) is 6.69. The van der Waals surface area contributed by atoms with Crippen molar-refractivity contribution < 1.29 is 14.3 Å². The molecule has 0 aromatic heterocycles. The van der Waals surface area contributed by atoms with Gasteiger partial charge in [-0.3, -0.25) is 4.79 Å². The van der Waals surface area contributed by atoms with E-state index in [0.29, 0.717) is 16.9 Å². The van der Waals surface area contributed by atoms with Crippen molar-refractivity contribution in [1.29, 1.82) is 0 Å². The fourth-order valence-electron chi connectivity index (χ4n) is 11.6. The quantitative estimate of drug-likeness (QED) is 0.297. The first-order valence-corrected chi connectivity index (χ1v) is 15.2. The van der Waals surface area contributed by atoms with Gasteiger partial charge in [0.1, 0.15) is 11.7 Å². The van der Waals surface area contributed by atoms with Crippen LogP contribution in [0.1, 0.15) is 113 Å². The first-order chi connectivity index (χ1) is 16.4. The van der Waals surface area contributed by atoms with Gasteiger partial charge in [0.25, 0.3) is 0 Å². The van der Waals surface area contributed by atoms with E-state index in [0.717, 1.165) is 60.2 Å². The van der Waals surface area contributed by atoms with Crippen LogP contribution in [0.5, 0.6) is 0 Å². The summed E-state index contributed by atoms with van der Waals surface area (Å²) < 4.78 is 12.4. The van der Waals surface area contributed by atoms with Crippen molar-refractivity contribution in [3.63, 3.8) is 0 Å². The Kier molecular flexibility index (Phi) is 5.47. The van der Waals surface area contributed by atoms with Crippen LogP contribution in [0.25, 0.3) is 0 Å². The van der Waals surface area contributed by atoms with E-state index in [9.17, 15) is 4.79 Å². The van der Waals surface area contributed by atoms with Crippen LogP contribution < -0.4 is 0 Å². The van der Waals surface area contributed by atoms with Crippen LogP contribution in [0.15, 0.2) is 0 Å². The molecule has 6 fully saturated rings. The van der Waals surface area contributed by atoms with Gasteiger partial charge in [0.2, 0.25) is 0 Å². The van der Waals surface area contributed by atoms with Gasteiger partial charge in [-0.15, -0.1) is 0 Å². The molecule has 35 heavy (non-hydrogen) atoms. The van der Waals surface area contributed by atoms with Gasteiger partial charge in [0, 0.05) is 18.8 Å². The van der Waals surface area contributed by atoms with E-state index >= 15 is 0 Å². The maximum absolute atomic E-state index is 11.6. The summed E-state index contributed by atoms with van der Waals surface area (Å²) >= 11 is 0. The molecular weight excluding hydrogens is 432 g/mol. The number of rotatable bonds is 5. The molecule has 5 saturated carbocycles. The van der Waals surface area contributed by atoms with Crippen LogP contribution in [-0.4, -0.2) is 23.8 Å². The number of epoxide rings is 1. The Morgan fingerprint density at radius 3 is 2.34 bits per heavy atom. The Labute approximate surface area is 214 Å². The summed E-state index contributed by atoms with van der Waals surface area (Å²) in [6.07, 6.45) is 12.0. The van der Waals surface area contributed by atoms with Gasteiger partial charge >= 0.3 is 5.97 Å². The fraction of sp³-hybridized carbons (Fsp3) is 0.969. The Balaban J connectivity index is 1.20. The lowest BCUT2D eigenvalue weighted by atomic mass is 9.44. The molecule has 6 aliphatic rings. The minimum Gasteiger partial charge on any atom is -0.462 e. The van der Waals surface area contributed by atoms with Crippen molar-refractivity contribution in [3.8, 4) is 0 Å². The molecule has 0 N–H and O–H groups in total. The second kappa shape index (κ2) is 7.73. The van der Waals surface area contributed by atoms with Gasteiger partial charge in [-0.1, -0.05) is 48.5 Å². The van der Waals surface area contributed by atoms with Gasteiger partial charge < -0.3 is 9.47 Å². The van der Waals surface area contributed by atoms with Gasteiger partial charge in [-0.25, -0.2) is 0 Å². The molecule has 6 rings (SSSR count). The molecule has 5 aliphatic carbocycles. The van der Waals surface area contributed by atoms with E-state index in [1.54, 1.807) is 6.92 Å². The molecule has 0 amide bonds. The Hall–Kier alpha value is -0.570. The molecule has 1 aliphatic heterocycles. The first kappa shape index (κ1) is 24.7. The van der Waals surface area contributed by atoms with Crippen molar-refractivity contribution >= 4 is 5.97 Å². The third kappa shape index (κ3) is 3.27. The number of hydrogen-bond acceptors (Lipinski definition) is 3. The molecule has 0 radical (unpaired) electrons. The van der Waals surface area contributed by atoms with Gasteiger partial charge in [0.15, 0.2) is 0 Å². The lowest BCUT2D eigenvalue weighted by Crippen LogP contribution is -2.59. The minimum absolute atomic E-state index is 0.00557. The van der Waals surface area contributed by atoms with Crippen LogP contribution >= 0.6 is 0 Å². The lowest BCUT2D eigenvalue weighted by Gasteiger charge is -2.59. The first-order valence-electron chi connectivity index (χ1n) is 15.2. The standard InChI is InChI=1S/C32H52O3/c1-18(2)20(4)30(7)17-27(30)19(3)24-9-10-25-23-15-28-32(35-28)16-22(34-21(5)33)11-14-31(32,8)26(23)12-13-29(24,25)6/h18-20,22-28H,9-17H2,1-8H3/t19-,20-,22-,23-,24+,25-,26-,27+,28-,29+,30-,31+,32-/m0/s1. The van der Waals surface area contributed by atoms with Crippen LogP contribution in [0, 0.1) is 63.6 Å².